The van der Waals surface area contributed by atoms with Crippen molar-refractivity contribution in [1.82, 2.24) is 14.1 Å². The summed E-state index contributed by atoms with van der Waals surface area (Å²) in [6, 6.07) is 3.88. The first-order valence-electron chi connectivity index (χ1n) is 7.54. The molecule has 26 heavy (non-hydrogen) atoms. The number of carbonyl (C=O) groups is 1. The van der Waals surface area contributed by atoms with Gasteiger partial charge in [-0.2, -0.15) is 0 Å². The normalized spacial score (nSPS) is 11.0. The maximum absolute atomic E-state index is 14.0. The second kappa shape index (κ2) is 6.38. The summed E-state index contributed by atoms with van der Waals surface area (Å²) in [5, 5.41) is 2.53. The molecular weight excluding hydrogens is 363 g/mol. The van der Waals surface area contributed by atoms with Crippen LogP contribution in [0.15, 0.2) is 34.0 Å². The van der Waals surface area contributed by atoms with Gasteiger partial charge in [-0.05, 0) is 24.6 Å². The van der Waals surface area contributed by atoms with Crippen LogP contribution in [0, 0.1) is 12.7 Å². The average molecular weight is 377 g/mol. The van der Waals surface area contributed by atoms with Gasteiger partial charge in [-0.15, -0.1) is 0 Å². The molecule has 0 aliphatic carbocycles. The summed E-state index contributed by atoms with van der Waals surface area (Å²) in [6.07, 6.45) is 1.42. The Bertz CT molecular complexity index is 1160. The fourth-order valence-electron chi connectivity index (χ4n) is 2.67. The van der Waals surface area contributed by atoms with E-state index in [0.29, 0.717) is 5.56 Å². The topological polar surface area (TPSA) is 86.0 Å². The van der Waals surface area contributed by atoms with E-state index >= 15 is 0 Å². The van der Waals surface area contributed by atoms with Gasteiger partial charge in [-0.1, -0.05) is 17.7 Å². The quantitative estimate of drug-likeness (QED) is 0.741. The van der Waals surface area contributed by atoms with Gasteiger partial charge in [-0.3, -0.25) is 18.7 Å². The molecule has 0 atom stereocenters. The van der Waals surface area contributed by atoms with Gasteiger partial charge in [0.2, 0.25) is 0 Å². The molecule has 1 aromatic carbocycles. The Morgan fingerprint density at radius 2 is 1.92 bits per heavy atom. The molecule has 0 aliphatic heterocycles. The molecule has 0 saturated heterocycles. The van der Waals surface area contributed by atoms with Crippen molar-refractivity contribution in [3.05, 3.63) is 67.2 Å². The number of carbonyl (C=O) groups excluding carboxylic acids is 1. The summed E-state index contributed by atoms with van der Waals surface area (Å²) in [6.45, 7) is 1.63. The molecule has 0 fully saturated rings. The van der Waals surface area contributed by atoms with Crippen LogP contribution in [0.25, 0.3) is 11.0 Å². The Hall–Kier alpha value is -3.00. The summed E-state index contributed by atoms with van der Waals surface area (Å²) in [5.41, 5.74) is -0.758. The minimum atomic E-state index is -0.806. The van der Waals surface area contributed by atoms with Crippen LogP contribution in [0.4, 0.5) is 10.1 Å². The maximum Gasteiger partial charge on any atom is 0.332 e. The van der Waals surface area contributed by atoms with Crippen molar-refractivity contribution in [3.63, 3.8) is 0 Å². The third-order valence-corrected chi connectivity index (χ3v) is 4.40. The molecule has 0 saturated carbocycles. The molecule has 9 heteroatoms. The lowest BCUT2D eigenvalue weighted by atomic mass is 10.1. The van der Waals surface area contributed by atoms with Crippen LogP contribution < -0.4 is 16.6 Å². The van der Waals surface area contributed by atoms with E-state index in [1.165, 1.54) is 37.0 Å². The van der Waals surface area contributed by atoms with Gasteiger partial charge < -0.3 is 5.32 Å². The molecule has 1 amide bonds. The number of aryl methyl sites for hydroxylation is 2. The number of pyridine rings is 1. The van der Waals surface area contributed by atoms with E-state index < -0.39 is 23.0 Å². The minimum Gasteiger partial charge on any atom is -0.321 e. The van der Waals surface area contributed by atoms with Gasteiger partial charge in [0.1, 0.15) is 11.2 Å². The first kappa shape index (κ1) is 17.8. The summed E-state index contributed by atoms with van der Waals surface area (Å²) in [7, 11) is 2.79. The lowest BCUT2D eigenvalue weighted by Gasteiger charge is -2.14. The summed E-state index contributed by atoms with van der Waals surface area (Å²) < 4.78 is 16.1. The Morgan fingerprint density at radius 3 is 2.58 bits per heavy atom. The van der Waals surface area contributed by atoms with Gasteiger partial charge in [0.05, 0.1) is 16.3 Å². The molecule has 2 aromatic heterocycles. The number of rotatable bonds is 2. The fraction of sp³-hybridized carbons (Fsp3) is 0.176. The van der Waals surface area contributed by atoms with E-state index in [4.69, 9.17) is 11.6 Å². The Kier molecular flexibility index (Phi) is 4.37. The highest BCUT2D eigenvalue weighted by atomic mass is 35.5. The minimum absolute atomic E-state index is 0.0513. The third-order valence-electron chi connectivity index (χ3n) is 4.09. The first-order chi connectivity index (χ1) is 12.2. The summed E-state index contributed by atoms with van der Waals surface area (Å²) in [5.74, 6) is -1.59. The van der Waals surface area contributed by atoms with E-state index in [2.05, 4.69) is 10.3 Å². The van der Waals surface area contributed by atoms with Crippen LogP contribution in [-0.2, 0) is 14.1 Å². The molecule has 7 nitrogen and oxygen atoms in total. The molecule has 2 heterocycles. The van der Waals surface area contributed by atoms with Crippen molar-refractivity contribution in [2.24, 2.45) is 14.1 Å². The largest absolute Gasteiger partial charge is 0.332 e. The van der Waals surface area contributed by atoms with Crippen molar-refractivity contribution in [2.75, 3.05) is 5.32 Å². The summed E-state index contributed by atoms with van der Waals surface area (Å²) >= 11 is 5.93. The van der Waals surface area contributed by atoms with Crippen molar-refractivity contribution < 1.29 is 9.18 Å². The van der Waals surface area contributed by atoms with E-state index in [0.717, 1.165) is 10.6 Å². The number of halogens is 2. The van der Waals surface area contributed by atoms with Crippen LogP contribution in [0.1, 0.15) is 15.9 Å². The number of nitrogens with one attached hydrogen (secondary N) is 1. The van der Waals surface area contributed by atoms with Crippen molar-refractivity contribution in [2.45, 2.75) is 6.92 Å². The number of hydrogen-bond donors (Lipinski definition) is 1. The van der Waals surface area contributed by atoms with Gasteiger partial charge in [-0.25, -0.2) is 14.2 Å². The van der Waals surface area contributed by atoms with Crippen LogP contribution in [-0.4, -0.2) is 20.0 Å². The zero-order chi connectivity index (χ0) is 19.2. The first-order valence-corrected chi connectivity index (χ1v) is 7.92. The predicted molar refractivity (Wildman–Crippen MR) is 96.3 cm³/mol. The van der Waals surface area contributed by atoms with Crippen molar-refractivity contribution in [3.8, 4) is 0 Å². The second-order valence-electron chi connectivity index (χ2n) is 5.77. The number of anilines is 1. The highest BCUT2D eigenvalue weighted by molar-refractivity contribution is 6.34. The number of fused-ring (bicyclic) bond motifs is 1. The number of hydrogen-bond acceptors (Lipinski definition) is 4. The summed E-state index contributed by atoms with van der Waals surface area (Å²) in [4.78, 5) is 41.3. The highest BCUT2D eigenvalue weighted by Gasteiger charge is 2.21. The van der Waals surface area contributed by atoms with E-state index in [-0.39, 0.29) is 27.3 Å². The van der Waals surface area contributed by atoms with E-state index in [1.807, 2.05) is 0 Å². The molecule has 0 bridgehead atoms. The number of benzene rings is 1. The zero-order valence-corrected chi connectivity index (χ0v) is 14.9. The van der Waals surface area contributed by atoms with Gasteiger partial charge in [0.25, 0.3) is 11.5 Å². The van der Waals surface area contributed by atoms with E-state index in [1.54, 1.807) is 6.92 Å². The smallest absolute Gasteiger partial charge is 0.321 e. The molecule has 3 aromatic rings. The Balaban J connectivity index is 2.26. The monoisotopic (exact) mass is 376 g/mol. The number of aromatic nitrogens is 3. The molecule has 0 spiro atoms. The van der Waals surface area contributed by atoms with E-state index in [9.17, 15) is 18.8 Å². The van der Waals surface area contributed by atoms with Crippen LogP contribution in [0.2, 0.25) is 5.02 Å². The molecule has 1 N–H and O–H groups in total. The molecule has 134 valence electrons. The lowest BCUT2D eigenvalue weighted by molar-refractivity contribution is 0.102. The van der Waals surface area contributed by atoms with Crippen molar-refractivity contribution in [1.29, 1.82) is 0 Å². The fourth-order valence-corrected chi connectivity index (χ4v) is 2.92. The molecule has 0 radical (unpaired) electrons. The number of amides is 1. The average Bonchev–Trinajstić information content (AvgIpc) is 2.59. The number of nitrogens with zero attached hydrogens (tertiary/aromatic N) is 3. The maximum atomic E-state index is 14.0. The Labute approximate surface area is 151 Å². The SMILES string of the molecule is Cc1cnc2c(c1NC(=O)c1c(F)cccc1Cl)c(=O)n(C)c(=O)n2C. The van der Waals surface area contributed by atoms with Crippen molar-refractivity contribution >= 4 is 34.2 Å². The molecule has 3 rings (SSSR count). The predicted octanol–water partition coefficient (Wildman–Crippen LogP) is 1.99. The van der Waals surface area contributed by atoms with Gasteiger partial charge in [0, 0.05) is 20.3 Å². The van der Waals surface area contributed by atoms with Crippen LogP contribution in [0.5, 0.6) is 0 Å². The second-order valence-corrected chi connectivity index (χ2v) is 6.18. The molecular formula is C17H14ClFN4O3. The van der Waals surface area contributed by atoms with Crippen LogP contribution in [0.3, 0.4) is 0 Å². The van der Waals surface area contributed by atoms with Gasteiger partial charge >= 0.3 is 5.69 Å². The lowest BCUT2D eigenvalue weighted by Crippen LogP contribution is -2.38. The third kappa shape index (κ3) is 2.68. The standard InChI is InChI=1S/C17H14ClFN4O3/c1-8-7-20-14-12(16(25)23(3)17(26)22(14)2)13(8)21-15(24)11-9(18)5-4-6-10(11)19/h4-7H,1-3H3,(H,20,21,24). The van der Waals surface area contributed by atoms with Gasteiger partial charge in [0.15, 0.2) is 5.65 Å². The Morgan fingerprint density at radius 1 is 1.23 bits per heavy atom. The molecule has 0 unspecified atom stereocenters. The molecule has 0 aliphatic rings. The highest BCUT2D eigenvalue weighted by Crippen LogP contribution is 2.25. The van der Waals surface area contributed by atoms with Crippen LogP contribution >= 0.6 is 11.6 Å². The zero-order valence-electron chi connectivity index (χ0n) is 14.1.